The maximum absolute atomic E-state index is 12.6. The molecule has 504 valence electrons. The molecule has 0 heterocycles. The summed E-state index contributed by atoms with van der Waals surface area (Å²) in [6.45, 7) is 4.97. The zero-order valence-corrected chi connectivity index (χ0v) is 57.9. The molecule has 3 N–H and O–H groups in total. The molecule has 0 radical (unpaired) electrons. The van der Waals surface area contributed by atoms with E-state index in [0.717, 1.165) is 51.4 Å². The van der Waals surface area contributed by atoms with E-state index in [-0.39, 0.29) is 18.5 Å². The second kappa shape index (κ2) is 74.8. The van der Waals surface area contributed by atoms with Crippen LogP contribution in [0.4, 0.5) is 0 Å². The summed E-state index contributed by atoms with van der Waals surface area (Å²) in [6, 6.07) is -0.541. The molecule has 1 amide bonds. The van der Waals surface area contributed by atoms with Gasteiger partial charge in [-0.2, -0.15) is 0 Å². The van der Waals surface area contributed by atoms with Crippen molar-refractivity contribution in [2.75, 3.05) is 13.2 Å². The van der Waals surface area contributed by atoms with Gasteiger partial charge in [-0.25, -0.2) is 0 Å². The van der Waals surface area contributed by atoms with Gasteiger partial charge in [-0.1, -0.05) is 398 Å². The summed E-state index contributed by atoms with van der Waals surface area (Å²) in [5.74, 6) is -0.0203. The van der Waals surface area contributed by atoms with Crippen LogP contribution in [0.3, 0.4) is 0 Å². The Kier molecular flexibility index (Phi) is 73.3. The molecule has 2 unspecified atom stereocenters. The van der Waals surface area contributed by atoms with Crippen molar-refractivity contribution >= 4 is 11.9 Å². The molecule has 0 aliphatic carbocycles. The minimum absolute atomic E-state index is 0.00584. The minimum Gasteiger partial charge on any atom is -0.466 e. The molecular formula is C79H153NO5. The number of ether oxygens (including phenoxy) is 1. The van der Waals surface area contributed by atoms with Gasteiger partial charge < -0.3 is 20.3 Å². The van der Waals surface area contributed by atoms with E-state index >= 15 is 0 Å². The molecule has 0 bridgehead atoms. The number of esters is 1. The largest absolute Gasteiger partial charge is 0.466 e. The molecule has 0 aliphatic heterocycles. The topological polar surface area (TPSA) is 95.9 Å². The predicted molar refractivity (Wildman–Crippen MR) is 375 cm³/mol. The van der Waals surface area contributed by atoms with Crippen molar-refractivity contribution < 1.29 is 24.5 Å². The van der Waals surface area contributed by atoms with E-state index in [1.807, 2.05) is 0 Å². The van der Waals surface area contributed by atoms with Crippen LogP contribution in [0.15, 0.2) is 24.3 Å². The third-order valence-electron chi connectivity index (χ3n) is 18.5. The first-order valence-corrected chi connectivity index (χ1v) is 39.1. The van der Waals surface area contributed by atoms with Crippen molar-refractivity contribution in [3.63, 3.8) is 0 Å². The van der Waals surface area contributed by atoms with E-state index in [0.29, 0.717) is 25.9 Å². The van der Waals surface area contributed by atoms with Crippen molar-refractivity contribution in [2.24, 2.45) is 0 Å². The normalized spacial score (nSPS) is 12.6. The van der Waals surface area contributed by atoms with Gasteiger partial charge in [0.2, 0.25) is 5.91 Å². The summed E-state index contributed by atoms with van der Waals surface area (Å²) in [4.78, 5) is 24.7. The Bertz CT molecular complexity index is 1330. The molecule has 0 saturated heterocycles. The summed E-state index contributed by atoms with van der Waals surface area (Å²) in [7, 11) is 0. The van der Waals surface area contributed by atoms with Gasteiger partial charge in [0, 0.05) is 12.8 Å². The first-order valence-electron chi connectivity index (χ1n) is 39.1. The Labute approximate surface area is 532 Å². The van der Waals surface area contributed by atoms with E-state index in [1.165, 1.54) is 360 Å². The van der Waals surface area contributed by atoms with Crippen LogP contribution in [0.5, 0.6) is 0 Å². The Morgan fingerprint density at radius 3 is 0.918 bits per heavy atom. The quantitative estimate of drug-likeness (QED) is 0.0320. The van der Waals surface area contributed by atoms with Crippen LogP contribution in [-0.2, 0) is 14.3 Å². The summed E-state index contributed by atoms with van der Waals surface area (Å²) < 4.78 is 5.49. The Morgan fingerprint density at radius 2 is 0.588 bits per heavy atom. The molecule has 0 fully saturated rings. The summed E-state index contributed by atoms with van der Waals surface area (Å²) >= 11 is 0. The average Bonchev–Trinajstić information content (AvgIpc) is 3.51. The van der Waals surface area contributed by atoms with E-state index in [2.05, 4.69) is 43.5 Å². The van der Waals surface area contributed by atoms with E-state index in [4.69, 9.17) is 4.74 Å². The van der Waals surface area contributed by atoms with E-state index < -0.39 is 12.1 Å². The molecule has 0 aromatic heterocycles. The van der Waals surface area contributed by atoms with Crippen molar-refractivity contribution in [1.82, 2.24) is 5.32 Å². The monoisotopic (exact) mass is 1200 g/mol. The molecule has 0 spiro atoms. The van der Waals surface area contributed by atoms with Crippen LogP contribution in [0.1, 0.15) is 444 Å². The number of rotatable bonds is 74. The summed E-state index contributed by atoms with van der Waals surface area (Å²) in [5, 5.41) is 23.5. The van der Waals surface area contributed by atoms with Crippen molar-refractivity contribution in [2.45, 2.75) is 456 Å². The van der Waals surface area contributed by atoms with Gasteiger partial charge in [-0.05, 0) is 57.8 Å². The fourth-order valence-electron chi connectivity index (χ4n) is 12.6. The standard InChI is InChI=1S/C79H153NO5/c1-3-5-7-9-11-13-15-17-19-20-21-22-23-28-31-34-37-40-44-47-51-55-59-63-67-71-77(82)76(75-81)80-78(83)72-68-64-60-56-52-48-45-41-38-35-32-29-26-24-25-27-30-33-36-39-42-46-50-54-58-62-66-70-74-85-79(84)73-69-65-61-57-53-49-43-18-16-14-12-10-8-6-4-2/h12,14,18,43,76-77,81-82H,3-11,13,15-17,19-42,44-75H2,1-2H3,(H,80,83)/b14-12-,43-18-. The number of amides is 1. The molecule has 0 rings (SSSR count). The number of unbranched alkanes of at least 4 members (excludes halogenated alkanes) is 59. The third kappa shape index (κ3) is 71.3. The Morgan fingerprint density at radius 1 is 0.329 bits per heavy atom. The molecule has 6 heteroatoms. The van der Waals surface area contributed by atoms with Gasteiger partial charge in [0.15, 0.2) is 0 Å². The molecule has 85 heavy (non-hydrogen) atoms. The number of aliphatic hydroxyl groups is 2. The van der Waals surface area contributed by atoms with Gasteiger partial charge in [0.05, 0.1) is 25.4 Å². The van der Waals surface area contributed by atoms with Crippen molar-refractivity contribution in [1.29, 1.82) is 0 Å². The zero-order chi connectivity index (χ0) is 61.3. The van der Waals surface area contributed by atoms with Crippen LogP contribution in [0.25, 0.3) is 0 Å². The molecule has 0 aromatic carbocycles. The maximum Gasteiger partial charge on any atom is 0.305 e. The molecular weight excluding hydrogens is 1040 g/mol. The third-order valence-corrected chi connectivity index (χ3v) is 18.5. The summed E-state index contributed by atoms with van der Waals surface area (Å²) in [6.07, 6.45) is 95.5. The lowest BCUT2D eigenvalue weighted by molar-refractivity contribution is -0.143. The van der Waals surface area contributed by atoms with E-state index in [9.17, 15) is 19.8 Å². The first-order chi connectivity index (χ1) is 42.0. The SMILES string of the molecule is CCCCC/C=C\C/C=C\CCCCCCCC(=O)OCCCCCCCCCCCCCCCCCCCCCCCCCCCCCCC(=O)NC(CO)C(O)CCCCCCCCCCCCCCCCCCCCCCCCCCC. The zero-order valence-electron chi connectivity index (χ0n) is 57.9. The molecule has 6 nitrogen and oxygen atoms in total. The fraction of sp³-hybridized carbons (Fsp3) is 0.924. The first kappa shape index (κ1) is 83.3. The highest BCUT2D eigenvalue weighted by Crippen LogP contribution is 2.20. The van der Waals surface area contributed by atoms with Crippen molar-refractivity contribution in [3.8, 4) is 0 Å². The predicted octanol–water partition coefficient (Wildman–Crippen LogP) is 25.7. The fourth-order valence-corrected chi connectivity index (χ4v) is 12.6. The van der Waals surface area contributed by atoms with Gasteiger partial charge in [-0.15, -0.1) is 0 Å². The number of nitrogens with one attached hydrogen (secondary N) is 1. The van der Waals surface area contributed by atoms with Crippen LogP contribution < -0.4 is 5.32 Å². The number of carbonyl (C=O) groups is 2. The number of hydrogen-bond donors (Lipinski definition) is 3. The van der Waals surface area contributed by atoms with Crippen LogP contribution in [-0.4, -0.2) is 47.4 Å². The molecule has 2 atom stereocenters. The molecule has 0 aliphatic rings. The highest BCUT2D eigenvalue weighted by Gasteiger charge is 2.20. The second-order valence-electron chi connectivity index (χ2n) is 27.0. The highest BCUT2D eigenvalue weighted by atomic mass is 16.5. The lowest BCUT2D eigenvalue weighted by atomic mass is 10.0. The smallest absolute Gasteiger partial charge is 0.305 e. The van der Waals surface area contributed by atoms with Crippen LogP contribution >= 0.6 is 0 Å². The number of hydrogen-bond acceptors (Lipinski definition) is 5. The van der Waals surface area contributed by atoms with Crippen LogP contribution in [0.2, 0.25) is 0 Å². The molecule has 0 saturated carbocycles. The van der Waals surface area contributed by atoms with Crippen molar-refractivity contribution in [3.05, 3.63) is 24.3 Å². The summed E-state index contributed by atoms with van der Waals surface area (Å²) in [5.41, 5.74) is 0. The maximum atomic E-state index is 12.6. The van der Waals surface area contributed by atoms with E-state index in [1.54, 1.807) is 0 Å². The minimum atomic E-state index is -0.664. The number of allylic oxidation sites excluding steroid dienone is 4. The Balaban J connectivity index is 3.35. The average molecular weight is 1200 g/mol. The number of aliphatic hydroxyl groups excluding tert-OH is 2. The lowest BCUT2D eigenvalue weighted by Gasteiger charge is -2.22. The highest BCUT2D eigenvalue weighted by molar-refractivity contribution is 5.76. The second-order valence-corrected chi connectivity index (χ2v) is 27.0. The Hall–Kier alpha value is -1.66. The van der Waals surface area contributed by atoms with Gasteiger partial charge >= 0.3 is 5.97 Å². The van der Waals surface area contributed by atoms with Gasteiger partial charge in [-0.3, -0.25) is 9.59 Å². The van der Waals surface area contributed by atoms with Crippen LogP contribution in [0, 0.1) is 0 Å². The number of carbonyl (C=O) groups excluding carboxylic acids is 2. The van der Waals surface area contributed by atoms with Gasteiger partial charge in [0.1, 0.15) is 0 Å². The molecule has 0 aromatic rings. The van der Waals surface area contributed by atoms with Gasteiger partial charge in [0.25, 0.3) is 0 Å². The lowest BCUT2D eigenvalue weighted by Crippen LogP contribution is -2.45.